The average Bonchev–Trinajstić information content (AvgIpc) is 2.25. The van der Waals surface area contributed by atoms with Crippen LogP contribution in [0.3, 0.4) is 0 Å². The van der Waals surface area contributed by atoms with E-state index in [1.54, 1.807) is 13.0 Å². The van der Waals surface area contributed by atoms with Crippen molar-refractivity contribution in [2.24, 2.45) is 0 Å². The zero-order valence-corrected chi connectivity index (χ0v) is 9.73. The van der Waals surface area contributed by atoms with Crippen molar-refractivity contribution in [3.63, 3.8) is 0 Å². The average molecular weight is 218 g/mol. The minimum atomic E-state index is -0.0634. The molecule has 0 amide bonds. The third-order valence-electron chi connectivity index (χ3n) is 2.90. The molecule has 0 bridgehead atoms. The van der Waals surface area contributed by atoms with Crippen LogP contribution in [0.4, 0.5) is 0 Å². The van der Waals surface area contributed by atoms with Crippen molar-refractivity contribution in [1.29, 1.82) is 0 Å². The van der Waals surface area contributed by atoms with E-state index in [1.165, 1.54) is 0 Å². The number of hydrogen-bond donors (Lipinski definition) is 2. The molecule has 2 rings (SSSR count). The molecule has 3 heteroatoms. The van der Waals surface area contributed by atoms with Crippen LogP contribution in [-0.4, -0.2) is 10.2 Å². The molecule has 1 heterocycles. The summed E-state index contributed by atoms with van der Waals surface area (Å²) in [5.74, 6) is -0.0960. The fourth-order valence-electron chi connectivity index (χ4n) is 1.84. The van der Waals surface area contributed by atoms with Gasteiger partial charge in [0, 0.05) is 22.4 Å². The summed E-state index contributed by atoms with van der Waals surface area (Å²) in [4.78, 5) is 0. The molecule has 1 aromatic heterocycles. The smallest absolute Gasteiger partial charge is 0.177 e. The molecule has 3 nitrogen and oxygen atoms in total. The highest BCUT2D eigenvalue weighted by atomic mass is 16.3. The van der Waals surface area contributed by atoms with E-state index in [1.807, 2.05) is 18.5 Å². The fourth-order valence-corrected chi connectivity index (χ4v) is 1.84. The predicted octanol–water partition coefficient (Wildman–Crippen LogP) is 2.43. The van der Waals surface area contributed by atoms with Gasteiger partial charge in [0.2, 0.25) is 0 Å². The first-order chi connectivity index (χ1) is 7.50. The van der Waals surface area contributed by atoms with Gasteiger partial charge in [0.15, 0.2) is 29.9 Å². The van der Waals surface area contributed by atoms with Crippen LogP contribution in [0, 0.1) is 6.92 Å². The third kappa shape index (κ3) is 1.58. The number of hydrogen-bond acceptors (Lipinski definition) is 2. The molecule has 0 aliphatic rings. The molecule has 0 aliphatic heterocycles. The van der Waals surface area contributed by atoms with Crippen molar-refractivity contribution >= 4 is 10.8 Å². The minimum absolute atomic E-state index is 0.0326. The van der Waals surface area contributed by atoms with Crippen molar-refractivity contribution in [1.82, 2.24) is 0 Å². The van der Waals surface area contributed by atoms with E-state index in [4.69, 9.17) is 0 Å². The number of phenolic OH excluding ortho intramolecular Hbond substituents is 2. The second kappa shape index (κ2) is 3.67. The van der Waals surface area contributed by atoms with Gasteiger partial charge in [-0.15, -0.1) is 0 Å². The minimum Gasteiger partial charge on any atom is -0.504 e. The van der Waals surface area contributed by atoms with Crippen molar-refractivity contribution in [3.8, 4) is 11.5 Å². The number of phenols is 2. The van der Waals surface area contributed by atoms with Gasteiger partial charge in [-0.2, -0.15) is 0 Å². The normalized spacial score (nSPS) is 11.2. The summed E-state index contributed by atoms with van der Waals surface area (Å²) >= 11 is 0. The molecule has 0 unspecified atom stereocenters. The van der Waals surface area contributed by atoms with E-state index in [2.05, 4.69) is 18.4 Å². The molecular weight excluding hydrogens is 202 g/mol. The Balaban J connectivity index is 2.76. The largest absolute Gasteiger partial charge is 0.504 e. The molecule has 84 valence electrons. The molecule has 1 aromatic carbocycles. The van der Waals surface area contributed by atoms with Crippen LogP contribution < -0.4 is 4.57 Å². The summed E-state index contributed by atoms with van der Waals surface area (Å²) in [5.41, 5.74) is 0.714. The highest BCUT2D eigenvalue weighted by Crippen LogP contribution is 2.34. The Morgan fingerprint density at radius 1 is 1.25 bits per heavy atom. The summed E-state index contributed by atoms with van der Waals surface area (Å²) in [5, 5.41) is 21.1. The Bertz CT molecular complexity index is 547. The van der Waals surface area contributed by atoms with Gasteiger partial charge in [0.1, 0.15) is 0 Å². The molecule has 2 aromatic rings. The molecule has 0 aliphatic carbocycles. The number of benzene rings is 1. The van der Waals surface area contributed by atoms with Gasteiger partial charge in [-0.25, -0.2) is 4.57 Å². The molecule has 16 heavy (non-hydrogen) atoms. The lowest BCUT2D eigenvalue weighted by Gasteiger charge is -2.07. The predicted molar refractivity (Wildman–Crippen MR) is 62.6 cm³/mol. The first kappa shape index (κ1) is 10.7. The van der Waals surface area contributed by atoms with Gasteiger partial charge in [0.25, 0.3) is 0 Å². The van der Waals surface area contributed by atoms with Gasteiger partial charge >= 0.3 is 0 Å². The maximum absolute atomic E-state index is 9.63. The van der Waals surface area contributed by atoms with Crippen molar-refractivity contribution in [2.45, 2.75) is 26.8 Å². The maximum atomic E-state index is 9.63. The Morgan fingerprint density at radius 3 is 2.56 bits per heavy atom. The number of nitrogens with zero attached hydrogens (tertiary/aromatic N) is 1. The van der Waals surface area contributed by atoms with Crippen LogP contribution in [0.1, 0.15) is 25.5 Å². The van der Waals surface area contributed by atoms with Crippen molar-refractivity contribution in [3.05, 3.63) is 30.1 Å². The Labute approximate surface area is 94.6 Å². The van der Waals surface area contributed by atoms with Crippen LogP contribution in [0.2, 0.25) is 0 Å². The molecule has 0 saturated heterocycles. The van der Waals surface area contributed by atoms with Crippen molar-refractivity contribution < 1.29 is 14.8 Å². The number of aromatic hydroxyl groups is 2. The Hall–Kier alpha value is -1.77. The van der Waals surface area contributed by atoms with Gasteiger partial charge in [0.05, 0.1) is 0 Å². The quantitative estimate of drug-likeness (QED) is 0.570. The molecule has 0 radical (unpaired) electrons. The highest BCUT2D eigenvalue weighted by molar-refractivity contribution is 5.88. The lowest BCUT2D eigenvalue weighted by Crippen LogP contribution is -2.34. The summed E-state index contributed by atoms with van der Waals surface area (Å²) in [6, 6.07) is 3.93. The van der Waals surface area contributed by atoms with Crippen LogP contribution in [-0.2, 0) is 0 Å². The zero-order valence-electron chi connectivity index (χ0n) is 9.73. The third-order valence-corrected chi connectivity index (χ3v) is 2.90. The fraction of sp³-hybridized carbons (Fsp3) is 0.308. The summed E-state index contributed by atoms with van der Waals surface area (Å²) < 4.78 is 2.07. The molecular formula is C13H16NO2+. The first-order valence-corrected chi connectivity index (χ1v) is 5.36. The number of aryl methyl sites for hydroxylation is 1. The number of fused-ring (bicyclic) bond motifs is 1. The van der Waals surface area contributed by atoms with Gasteiger partial charge in [-0.05, 0) is 26.8 Å². The number of pyridine rings is 1. The number of aromatic nitrogens is 1. The van der Waals surface area contributed by atoms with E-state index in [-0.39, 0.29) is 11.5 Å². The summed E-state index contributed by atoms with van der Waals surface area (Å²) in [6.07, 6.45) is 3.96. The van der Waals surface area contributed by atoms with E-state index in [0.29, 0.717) is 11.6 Å². The SMILES string of the molecule is Cc1c(O)c(O)cc2c[n+](C(C)C)ccc12. The maximum Gasteiger partial charge on any atom is 0.177 e. The van der Waals surface area contributed by atoms with Gasteiger partial charge in [-0.1, -0.05) is 0 Å². The molecule has 2 N–H and O–H groups in total. The Kier molecular flexibility index (Phi) is 2.46. The van der Waals surface area contributed by atoms with E-state index < -0.39 is 0 Å². The van der Waals surface area contributed by atoms with E-state index >= 15 is 0 Å². The summed E-state index contributed by atoms with van der Waals surface area (Å²) in [7, 11) is 0. The lowest BCUT2D eigenvalue weighted by atomic mass is 10.1. The Morgan fingerprint density at radius 2 is 1.94 bits per heavy atom. The topological polar surface area (TPSA) is 44.3 Å². The van der Waals surface area contributed by atoms with Gasteiger partial charge < -0.3 is 10.2 Å². The first-order valence-electron chi connectivity index (χ1n) is 5.36. The van der Waals surface area contributed by atoms with Crippen molar-refractivity contribution in [2.75, 3.05) is 0 Å². The van der Waals surface area contributed by atoms with Crippen LogP contribution in [0.15, 0.2) is 24.5 Å². The molecule has 0 spiro atoms. The number of rotatable bonds is 1. The van der Waals surface area contributed by atoms with E-state index in [9.17, 15) is 10.2 Å². The molecule has 0 saturated carbocycles. The highest BCUT2D eigenvalue weighted by Gasteiger charge is 2.12. The summed E-state index contributed by atoms with van der Waals surface area (Å²) in [6.45, 7) is 6.00. The van der Waals surface area contributed by atoms with E-state index in [0.717, 1.165) is 10.8 Å². The monoisotopic (exact) mass is 218 g/mol. The van der Waals surface area contributed by atoms with Crippen LogP contribution >= 0.6 is 0 Å². The molecule has 0 atom stereocenters. The lowest BCUT2D eigenvalue weighted by molar-refractivity contribution is -0.715. The van der Waals surface area contributed by atoms with Crippen LogP contribution in [0.5, 0.6) is 11.5 Å². The van der Waals surface area contributed by atoms with Gasteiger partial charge in [-0.3, -0.25) is 0 Å². The zero-order chi connectivity index (χ0) is 11.9. The molecule has 0 fully saturated rings. The van der Waals surface area contributed by atoms with Crippen LogP contribution in [0.25, 0.3) is 10.8 Å². The second-order valence-corrected chi connectivity index (χ2v) is 4.36. The standard InChI is InChI=1S/C13H15NO2/c1-8(2)14-5-4-11-9(3)13(16)12(15)6-10(11)7-14/h4-8,15H,1-3H3/p+1. The second-order valence-electron chi connectivity index (χ2n) is 4.36.